The van der Waals surface area contributed by atoms with E-state index < -0.39 is 0 Å². The Bertz CT molecular complexity index is 1270. The van der Waals surface area contributed by atoms with Crippen molar-refractivity contribution in [1.29, 1.82) is 0 Å². The van der Waals surface area contributed by atoms with Crippen LogP contribution in [0.5, 0.6) is 0 Å². The van der Waals surface area contributed by atoms with Crippen LogP contribution in [-0.2, 0) is 0 Å². The molecule has 2 aromatic heterocycles. The molecule has 0 aliphatic heterocycles. The van der Waals surface area contributed by atoms with Crippen molar-refractivity contribution >= 4 is 50.5 Å². The molecule has 0 unspecified atom stereocenters. The van der Waals surface area contributed by atoms with Gasteiger partial charge >= 0.3 is 0 Å². The monoisotopic (exact) mass is 560 g/mol. The summed E-state index contributed by atoms with van der Waals surface area (Å²) in [5, 5.41) is 17.3. The quantitative estimate of drug-likeness (QED) is 0.234. The van der Waals surface area contributed by atoms with E-state index in [0.29, 0.717) is 16.0 Å². The summed E-state index contributed by atoms with van der Waals surface area (Å²) >= 11 is 18.0. The van der Waals surface area contributed by atoms with Crippen molar-refractivity contribution in [2.75, 3.05) is 0 Å². The van der Waals surface area contributed by atoms with Gasteiger partial charge in [0, 0.05) is 26.5 Å². The van der Waals surface area contributed by atoms with Crippen LogP contribution in [0.25, 0.3) is 27.6 Å². The molecule has 33 heavy (non-hydrogen) atoms. The summed E-state index contributed by atoms with van der Waals surface area (Å²) in [5.41, 5.74) is 4.70. The number of benzene rings is 2. The molecule has 1 aliphatic carbocycles. The minimum absolute atomic E-state index is 0.512. The Hall–Kier alpha value is -1.73. The molecule has 2 heterocycles. The van der Waals surface area contributed by atoms with Gasteiger partial charge in [0.1, 0.15) is 10.7 Å². The summed E-state index contributed by atoms with van der Waals surface area (Å²) in [4.78, 5) is 0. The van der Waals surface area contributed by atoms with Gasteiger partial charge in [-0.25, -0.2) is 4.68 Å². The minimum atomic E-state index is 0.512. The Labute approximate surface area is 216 Å². The standard InChI is InChI=1S/C25H23BrCl2N4S/c1-15-22(25-30-29-24(33-25)17-6-4-2-3-5-7-17)31-32(21-13-12-19(27)14-20(21)28)23(15)16-8-10-18(26)11-9-16/h8-14,17H,2-7H2,1H3. The summed E-state index contributed by atoms with van der Waals surface area (Å²) in [5.74, 6) is 0.512. The van der Waals surface area contributed by atoms with Crippen LogP contribution in [0.15, 0.2) is 46.9 Å². The molecule has 0 bridgehead atoms. The van der Waals surface area contributed by atoms with Crippen molar-refractivity contribution in [3.05, 3.63) is 67.6 Å². The molecule has 0 amide bonds. The predicted molar refractivity (Wildman–Crippen MR) is 141 cm³/mol. The third-order valence-corrected chi connectivity index (χ3v) is 8.38. The minimum Gasteiger partial charge on any atom is -0.231 e. The molecule has 2 aromatic carbocycles. The molecule has 0 atom stereocenters. The molecular formula is C25H23BrCl2N4S. The number of hydrogen-bond acceptors (Lipinski definition) is 4. The third-order valence-electron chi connectivity index (χ3n) is 6.23. The number of halogens is 3. The van der Waals surface area contributed by atoms with Gasteiger partial charge in [0.2, 0.25) is 0 Å². The number of nitrogens with zero attached hydrogens (tertiary/aromatic N) is 4. The molecule has 0 saturated heterocycles. The summed E-state index contributed by atoms with van der Waals surface area (Å²) in [7, 11) is 0. The molecule has 1 fully saturated rings. The maximum Gasteiger partial charge on any atom is 0.168 e. The average molecular weight is 562 g/mol. The second-order valence-electron chi connectivity index (χ2n) is 8.47. The third kappa shape index (κ3) is 4.76. The highest BCUT2D eigenvalue weighted by Gasteiger charge is 2.24. The van der Waals surface area contributed by atoms with Crippen molar-refractivity contribution in [2.45, 2.75) is 51.4 Å². The Morgan fingerprint density at radius 2 is 1.70 bits per heavy atom. The van der Waals surface area contributed by atoms with E-state index in [-0.39, 0.29) is 0 Å². The lowest BCUT2D eigenvalue weighted by atomic mass is 10.0. The molecule has 4 nitrogen and oxygen atoms in total. The van der Waals surface area contributed by atoms with Gasteiger partial charge in [-0.05, 0) is 50.1 Å². The van der Waals surface area contributed by atoms with Crippen LogP contribution in [0.3, 0.4) is 0 Å². The van der Waals surface area contributed by atoms with Crippen LogP contribution < -0.4 is 0 Å². The summed E-state index contributed by atoms with van der Waals surface area (Å²) in [6, 6.07) is 13.7. The Kier molecular flexibility index (Phi) is 6.89. The molecule has 1 aliphatic rings. The second-order valence-corrected chi connectivity index (χ2v) is 11.2. The average Bonchev–Trinajstić information content (AvgIpc) is 3.30. The zero-order valence-corrected chi connectivity index (χ0v) is 22.1. The molecule has 8 heteroatoms. The molecule has 170 valence electrons. The van der Waals surface area contributed by atoms with Crippen LogP contribution in [0, 0.1) is 6.92 Å². The molecule has 1 saturated carbocycles. The predicted octanol–water partition coefficient (Wildman–Crippen LogP) is 8.87. The Morgan fingerprint density at radius 3 is 2.39 bits per heavy atom. The van der Waals surface area contributed by atoms with E-state index in [9.17, 15) is 0 Å². The molecule has 0 N–H and O–H groups in total. The van der Waals surface area contributed by atoms with Crippen LogP contribution in [0.2, 0.25) is 10.0 Å². The van der Waals surface area contributed by atoms with E-state index in [1.165, 1.54) is 38.5 Å². The van der Waals surface area contributed by atoms with Crippen molar-refractivity contribution in [2.24, 2.45) is 0 Å². The smallest absolute Gasteiger partial charge is 0.168 e. The number of rotatable bonds is 4. The maximum absolute atomic E-state index is 6.60. The highest BCUT2D eigenvalue weighted by Crippen LogP contribution is 2.39. The lowest BCUT2D eigenvalue weighted by molar-refractivity contribution is 0.584. The largest absolute Gasteiger partial charge is 0.231 e. The highest BCUT2D eigenvalue weighted by atomic mass is 79.9. The van der Waals surface area contributed by atoms with Gasteiger partial charge in [-0.15, -0.1) is 10.2 Å². The van der Waals surface area contributed by atoms with E-state index in [1.54, 1.807) is 17.4 Å². The first kappa shape index (κ1) is 23.0. The van der Waals surface area contributed by atoms with Crippen LogP contribution >= 0.6 is 50.5 Å². The maximum atomic E-state index is 6.60. The second kappa shape index (κ2) is 9.87. The van der Waals surface area contributed by atoms with Gasteiger partial charge < -0.3 is 0 Å². The van der Waals surface area contributed by atoms with Crippen molar-refractivity contribution in [3.8, 4) is 27.6 Å². The lowest BCUT2D eigenvalue weighted by Gasteiger charge is -2.11. The van der Waals surface area contributed by atoms with Crippen LogP contribution in [-0.4, -0.2) is 20.0 Å². The summed E-state index contributed by atoms with van der Waals surface area (Å²) in [6.45, 7) is 2.09. The highest BCUT2D eigenvalue weighted by molar-refractivity contribution is 9.10. The van der Waals surface area contributed by atoms with Gasteiger partial charge in [-0.3, -0.25) is 0 Å². The van der Waals surface area contributed by atoms with Crippen molar-refractivity contribution in [3.63, 3.8) is 0 Å². The van der Waals surface area contributed by atoms with E-state index in [2.05, 4.69) is 45.2 Å². The molecule has 0 radical (unpaired) electrons. The normalized spacial score (nSPS) is 15.0. The Balaban J connectivity index is 1.63. The molecular weight excluding hydrogens is 539 g/mol. The van der Waals surface area contributed by atoms with Gasteiger partial charge in [-0.1, -0.05) is 88.3 Å². The fourth-order valence-corrected chi connectivity index (χ4v) is 6.30. The Morgan fingerprint density at radius 1 is 0.970 bits per heavy atom. The van der Waals surface area contributed by atoms with Gasteiger partial charge in [0.15, 0.2) is 5.01 Å². The van der Waals surface area contributed by atoms with Crippen LogP contribution in [0.4, 0.5) is 0 Å². The summed E-state index contributed by atoms with van der Waals surface area (Å²) < 4.78 is 2.93. The van der Waals surface area contributed by atoms with Crippen molar-refractivity contribution in [1.82, 2.24) is 20.0 Å². The first-order valence-electron chi connectivity index (χ1n) is 11.2. The fraction of sp³-hybridized carbons (Fsp3) is 0.320. The van der Waals surface area contributed by atoms with Gasteiger partial charge in [-0.2, -0.15) is 5.10 Å². The molecule has 5 rings (SSSR count). The van der Waals surface area contributed by atoms with Crippen molar-refractivity contribution < 1.29 is 0 Å². The first-order valence-corrected chi connectivity index (χ1v) is 13.5. The van der Waals surface area contributed by atoms with Gasteiger partial charge in [0.05, 0.1) is 16.4 Å². The first-order chi connectivity index (χ1) is 16.0. The SMILES string of the molecule is Cc1c(-c2nnc(C3CCCCCC3)s2)nn(-c2ccc(Cl)cc2Cl)c1-c1ccc(Br)cc1. The van der Waals surface area contributed by atoms with E-state index >= 15 is 0 Å². The zero-order valence-electron chi connectivity index (χ0n) is 18.2. The van der Waals surface area contributed by atoms with E-state index in [1.807, 2.05) is 28.9 Å². The fourth-order valence-electron chi connectivity index (χ4n) is 4.49. The molecule has 4 aromatic rings. The zero-order chi connectivity index (χ0) is 22.9. The number of hydrogen-bond donors (Lipinski definition) is 0. The molecule has 0 spiro atoms. The van der Waals surface area contributed by atoms with Crippen LogP contribution in [0.1, 0.15) is 55.0 Å². The summed E-state index contributed by atoms with van der Waals surface area (Å²) in [6.07, 6.45) is 7.60. The van der Waals surface area contributed by atoms with Gasteiger partial charge in [0.25, 0.3) is 0 Å². The number of aromatic nitrogens is 4. The lowest BCUT2D eigenvalue weighted by Crippen LogP contribution is -2.00. The van der Waals surface area contributed by atoms with E-state index in [0.717, 1.165) is 42.7 Å². The topological polar surface area (TPSA) is 43.6 Å². The van der Waals surface area contributed by atoms with E-state index in [4.69, 9.17) is 28.3 Å².